The topological polar surface area (TPSA) is 43.6 Å². The molecule has 0 aliphatic carbocycles. The summed E-state index contributed by atoms with van der Waals surface area (Å²) in [4.78, 5) is 17.7. The first-order valence-corrected chi connectivity index (χ1v) is 9.24. The zero-order valence-electron chi connectivity index (χ0n) is 14.9. The molecule has 2 rings (SSSR count). The molecule has 0 amide bonds. The van der Waals surface area contributed by atoms with Gasteiger partial charge in [-0.05, 0) is 37.3 Å². The maximum atomic E-state index is 12.1. The molecule has 0 atom stereocenters. The van der Waals surface area contributed by atoms with Gasteiger partial charge in [-0.15, -0.1) is 11.3 Å². The molecule has 0 saturated heterocycles. The van der Waals surface area contributed by atoms with E-state index in [1.54, 1.807) is 11.3 Å². The number of rotatable bonds is 7. The predicted molar refractivity (Wildman–Crippen MR) is 98.4 cm³/mol. The van der Waals surface area contributed by atoms with Crippen LogP contribution in [0.2, 0.25) is 0 Å². The normalized spacial score (nSPS) is 12.0. The second kappa shape index (κ2) is 8.83. The summed E-state index contributed by atoms with van der Waals surface area (Å²) in [6, 6.07) is 7.75. The summed E-state index contributed by atoms with van der Waals surface area (Å²) in [5.74, 6) is 0.450. The Morgan fingerprint density at radius 3 is 2.75 bits per heavy atom. The van der Waals surface area contributed by atoms with Crippen LogP contribution in [0, 0.1) is 12.8 Å². The fourth-order valence-electron chi connectivity index (χ4n) is 2.30. The van der Waals surface area contributed by atoms with E-state index in [0.717, 1.165) is 28.9 Å². The van der Waals surface area contributed by atoms with Gasteiger partial charge in [-0.3, -0.25) is 4.79 Å². The van der Waals surface area contributed by atoms with Crippen molar-refractivity contribution in [2.45, 2.75) is 40.0 Å². The van der Waals surface area contributed by atoms with Gasteiger partial charge in [0.1, 0.15) is 0 Å². The predicted octanol–water partition coefficient (Wildman–Crippen LogP) is 4.15. The maximum absolute atomic E-state index is 12.1. The molecule has 0 unspecified atom stereocenters. The third-order valence-corrected chi connectivity index (χ3v) is 4.92. The molecule has 1 aromatic heterocycles. The van der Waals surface area contributed by atoms with Gasteiger partial charge in [0.15, 0.2) is 4.80 Å². The van der Waals surface area contributed by atoms with Crippen LogP contribution in [0.15, 0.2) is 34.6 Å². The number of benzene rings is 1. The highest BCUT2D eigenvalue weighted by Crippen LogP contribution is 2.19. The van der Waals surface area contributed by atoms with Crippen molar-refractivity contribution in [2.24, 2.45) is 18.0 Å². The molecule has 0 saturated carbocycles. The minimum absolute atomic E-state index is 0.187. The van der Waals surface area contributed by atoms with Crippen molar-refractivity contribution >= 4 is 23.0 Å². The third kappa shape index (κ3) is 5.34. The summed E-state index contributed by atoms with van der Waals surface area (Å²) in [7, 11) is 2.00. The molecule has 4 nitrogen and oxygen atoms in total. The SMILES string of the molecule is Cc1csc(=Nc2ccccc2CC(=O)OCCCC(C)C)n1C. The van der Waals surface area contributed by atoms with Gasteiger partial charge in [-0.2, -0.15) is 0 Å². The van der Waals surface area contributed by atoms with Gasteiger partial charge in [-0.1, -0.05) is 32.0 Å². The Balaban J connectivity index is 2.05. The Morgan fingerprint density at radius 2 is 2.08 bits per heavy atom. The molecule has 0 spiro atoms. The number of aromatic nitrogens is 1. The van der Waals surface area contributed by atoms with Crippen LogP contribution in [0.3, 0.4) is 0 Å². The quantitative estimate of drug-likeness (QED) is 0.558. The van der Waals surface area contributed by atoms with Crippen LogP contribution in [-0.4, -0.2) is 17.1 Å². The molecule has 0 fully saturated rings. The average Bonchev–Trinajstić information content (AvgIpc) is 2.85. The molecule has 0 aliphatic rings. The van der Waals surface area contributed by atoms with E-state index in [4.69, 9.17) is 9.73 Å². The molecular weight excluding hydrogens is 320 g/mol. The Kier molecular flexibility index (Phi) is 6.79. The van der Waals surface area contributed by atoms with Crippen molar-refractivity contribution in [2.75, 3.05) is 6.61 Å². The standard InChI is InChI=1S/C19H26N2O2S/c1-14(2)8-7-11-23-18(22)12-16-9-5-6-10-17(16)20-19-21(4)15(3)13-24-19/h5-6,9-10,13-14H,7-8,11-12H2,1-4H3. The third-order valence-electron chi connectivity index (χ3n) is 3.88. The lowest BCUT2D eigenvalue weighted by molar-refractivity contribution is -0.143. The van der Waals surface area contributed by atoms with Crippen LogP contribution in [0.5, 0.6) is 0 Å². The van der Waals surface area contributed by atoms with Gasteiger partial charge in [-0.25, -0.2) is 4.99 Å². The number of aryl methyl sites for hydroxylation is 1. The van der Waals surface area contributed by atoms with Crippen molar-refractivity contribution in [3.05, 3.63) is 45.7 Å². The summed E-state index contributed by atoms with van der Waals surface area (Å²) in [5.41, 5.74) is 2.90. The van der Waals surface area contributed by atoms with Gasteiger partial charge in [0.25, 0.3) is 0 Å². The van der Waals surface area contributed by atoms with E-state index in [2.05, 4.69) is 26.2 Å². The van der Waals surface area contributed by atoms with E-state index in [1.807, 2.05) is 35.9 Å². The highest BCUT2D eigenvalue weighted by Gasteiger charge is 2.09. The first-order valence-electron chi connectivity index (χ1n) is 8.36. The fraction of sp³-hybridized carbons (Fsp3) is 0.474. The lowest BCUT2D eigenvalue weighted by Crippen LogP contribution is -2.12. The fourth-order valence-corrected chi connectivity index (χ4v) is 3.19. The van der Waals surface area contributed by atoms with E-state index in [1.165, 1.54) is 5.69 Å². The van der Waals surface area contributed by atoms with Crippen LogP contribution < -0.4 is 4.80 Å². The van der Waals surface area contributed by atoms with Gasteiger partial charge in [0, 0.05) is 18.1 Å². The molecule has 1 heterocycles. The van der Waals surface area contributed by atoms with E-state index >= 15 is 0 Å². The van der Waals surface area contributed by atoms with Gasteiger partial charge < -0.3 is 9.30 Å². The van der Waals surface area contributed by atoms with E-state index in [9.17, 15) is 4.79 Å². The highest BCUT2D eigenvalue weighted by atomic mass is 32.1. The number of para-hydroxylation sites is 1. The van der Waals surface area contributed by atoms with Crippen molar-refractivity contribution in [1.29, 1.82) is 0 Å². The Bertz CT molecular complexity index is 744. The molecule has 0 radical (unpaired) electrons. The number of thiazole rings is 1. The first-order chi connectivity index (χ1) is 11.5. The monoisotopic (exact) mass is 346 g/mol. The maximum Gasteiger partial charge on any atom is 0.310 e. The van der Waals surface area contributed by atoms with E-state index in [-0.39, 0.29) is 12.4 Å². The highest BCUT2D eigenvalue weighted by molar-refractivity contribution is 7.07. The average molecular weight is 346 g/mol. The van der Waals surface area contributed by atoms with E-state index < -0.39 is 0 Å². The second-order valence-corrected chi connectivity index (χ2v) is 7.23. The summed E-state index contributed by atoms with van der Waals surface area (Å²) >= 11 is 1.60. The second-order valence-electron chi connectivity index (χ2n) is 6.39. The zero-order valence-corrected chi connectivity index (χ0v) is 15.7. The zero-order chi connectivity index (χ0) is 17.5. The van der Waals surface area contributed by atoms with Crippen LogP contribution in [0.1, 0.15) is 37.9 Å². The summed E-state index contributed by atoms with van der Waals surface area (Å²) in [5, 5.41) is 2.07. The summed E-state index contributed by atoms with van der Waals surface area (Å²) < 4.78 is 7.39. The molecule has 0 bridgehead atoms. The number of esters is 1. The number of carbonyl (C=O) groups is 1. The van der Waals surface area contributed by atoms with Gasteiger partial charge >= 0.3 is 5.97 Å². The summed E-state index contributed by atoms with van der Waals surface area (Å²) in [6.07, 6.45) is 2.25. The smallest absolute Gasteiger partial charge is 0.310 e. The van der Waals surface area contributed by atoms with Crippen molar-refractivity contribution < 1.29 is 9.53 Å². The van der Waals surface area contributed by atoms with Crippen LogP contribution in [0.4, 0.5) is 5.69 Å². The number of hydrogen-bond acceptors (Lipinski definition) is 4. The molecule has 0 aliphatic heterocycles. The molecular formula is C19H26N2O2S. The number of nitrogens with zero attached hydrogens (tertiary/aromatic N) is 2. The minimum Gasteiger partial charge on any atom is -0.465 e. The van der Waals surface area contributed by atoms with Crippen LogP contribution >= 0.6 is 11.3 Å². The molecule has 24 heavy (non-hydrogen) atoms. The lowest BCUT2D eigenvalue weighted by atomic mass is 10.1. The summed E-state index contributed by atoms with van der Waals surface area (Å²) in [6.45, 7) is 6.89. The molecule has 2 aromatic rings. The first kappa shape index (κ1) is 18.5. The minimum atomic E-state index is -0.187. The van der Waals surface area contributed by atoms with E-state index in [0.29, 0.717) is 12.5 Å². The lowest BCUT2D eigenvalue weighted by Gasteiger charge is -2.08. The molecule has 0 N–H and O–H groups in total. The molecule has 1 aromatic carbocycles. The van der Waals surface area contributed by atoms with Gasteiger partial charge in [0.05, 0.1) is 18.7 Å². The molecule has 5 heteroatoms. The largest absolute Gasteiger partial charge is 0.465 e. The van der Waals surface area contributed by atoms with Crippen LogP contribution in [0.25, 0.3) is 0 Å². The van der Waals surface area contributed by atoms with Crippen LogP contribution in [-0.2, 0) is 23.0 Å². The Morgan fingerprint density at radius 1 is 1.33 bits per heavy atom. The molecule has 130 valence electrons. The van der Waals surface area contributed by atoms with Gasteiger partial charge in [0.2, 0.25) is 0 Å². The number of hydrogen-bond donors (Lipinski definition) is 0. The number of carbonyl (C=O) groups excluding carboxylic acids is 1. The Hall–Kier alpha value is -1.88. The van der Waals surface area contributed by atoms with Crippen molar-refractivity contribution in [3.8, 4) is 0 Å². The van der Waals surface area contributed by atoms with Crippen molar-refractivity contribution in [3.63, 3.8) is 0 Å². The Labute approximate surface area is 147 Å². The number of ether oxygens (including phenoxy) is 1. The van der Waals surface area contributed by atoms with Crippen molar-refractivity contribution in [1.82, 2.24) is 4.57 Å².